The first-order valence-electron chi connectivity index (χ1n) is 6.96. The first-order chi connectivity index (χ1) is 9.93. The highest BCUT2D eigenvalue weighted by molar-refractivity contribution is 5.90. The number of nitrogens with one attached hydrogen (secondary N) is 1. The van der Waals surface area contributed by atoms with Crippen molar-refractivity contribution < 1.29 is 19.4 Å². The van der Waals surface area contributed by atoms with E-state index in [0.29, 0.717) is 18.0 Å². The summed E-state index contributed by atoms with van der Waals surface area (Å²) in [5, 5.41) is 11.5. The van der Waals surface area contributed by atoms with Crippen molar-refractivity contribution in [3.63, 3.8) is 0 Å². The van der Waals surface area contributed by atoms with Gasteiger partial charge in [0.1, 0.15) is 5.75 Å². The number of ether oxygens (including phenoxy) is 1. The van der Waals surface area contributed by atoms with E-state index >= 15 is 0 Å². The number of benzene rings is 1. The Morgan fingerprint density at radius 3 is 2.67 bits per heavy atom. The number of aliphatic carboxylic acids is 1. The van der Waals surface area contributed by atoms with Gasteiger partial charge in [-0.25, -0.2) is 4.79 Å². The van der Waals surface area contributed by atoms with Crippen molar-refractivity contribution in [2.75, 3.05) is 18.5 Å². The first-order valence-corrected chi connectivity index (χ1v) is 6.96. The summed E-state index contributed by atoms with van der Waals surface area (Å²) >= 11 is 0. The summed E-state index contributed by atoms with van der Waals surface area (Å²) in [6, 6.07) is 6.69. The smallest absolute Gasteiger partial charge is 0.322 e. The van der Waals surface area contributed by atoms with E-state index in [1.54, 1.807) is 18.2 Å². The van der Waals surface area contributed by atoms with Crippen molar-refractivity contribution in [3.05, 3.63) is 24.3 Å². The van der Waals surface area contributed by atoms with Gasteiger partial charge in [-0.1, -0.05) is 6.07 Å². The standard InChI is InChI=1S/C15H22N2O4/c1-4-21-13-7-5-6-12(10-13)16-15(20)17(11(2)3)9-8-14(18)19/h5-7,10-11H,4,8-9H2,1-3H3,(H,16,20)(H,18,19). The van der Waals surface area contributed by atoms with Crippen LogP contribution in [-0.2, 0) is 4.79 Å². The van der Waals surface area contributed by atoms with Gasteiger partial charge in [0.05, 0.1) is 13.0 Å². The van der Waals surface area contributed by atoms with Crippen molar-refractivity contribution in [2.45, 2.75) is 33.2 Å². The predicted molar refractivity (Wildman–Crippen MR) is 80.7 cm³/mol. The molecule has 2 amide bonds. The number of carboxylic acids is 1. The highest BCUT2D eigenvalue weighted by Gasteiger charge is 2.18. The Hall–Kier alpha value is -2.24. The molecule has 1 rings (SSSR count). The lowest BCUT2D eigenvalue weighted by molar-refractivity contribution is -0.137. The number of hydrogen-bond acceptors (Lipinski definition) is 3. The average molecular weight is 294 g/mol. The van der Waals surface area contributed by atoms with E-state index < -0.39 is 5.97 Å². The van der Waals surface area contributed by atoms with Gasteiger partial charge in [0, 0.05) is 24.3 Å². The molecule has 0 radical (unpaired) electrons. The number of rotatable bonds is 7. The Kier molecular flexibility index (Phi) is 6.52. The highest BCUT2D eigenvalue weighted by Crippen LogP contribution is 2.18. The molecular weight excluding hydrogens is 272 g/mol. The van der Waals surface area contributed by atoms with Crippen LogP contribution in [0.1, 0.15) is 27.2 Å². The molecule has 0 bridgehead atoms. The van der Waals surface area contributed by atoms with Crippen LogP contribution in [0.15, 0.2) is 24.3 Å². The van der Waals surface area contributed by atoms with E-state index in [1.807, 2.05) is 26.8 Å². The maximum atomic E-state index is 12.2. The molecule has 0 atom stereocenters. The largest absolute Gasteiger partial charge is 0.494 e. The molecule has 116 valence electrons. The fourth-order valence-electron chi connectivity index (χ4n) is 1.84. The zero-order chi connectivity index (χ0) is 15.8. The number of anilines is 1. The van der Waals surface area contributed by atoms with Crippen LogP contribution in [0.2, 0.25) is 0 Å². The van der Waals surface area contributed by atoms with Crippen LogP contribution in [-0.4, -0.2) is 41.2 Å². The van der Waals surface area contributed by atoms with Gasteiger partial charge in [-0.3, -0.25) is 4.79 Å². The fourth-order valence-corrected chi connectivity index (χ4v) is 1.84. The normalized spacial score (nSPS) is 10.3. The van der Waals surface area contributed by atoms with E-state index in [4.69, 9.17) is 9.84 Å². The van der Waals surface area contributed by atoms with Crippen LogP contribution in [0, 0.1) is 0 Å². The molecule has 0 heterocycles. The number of carboxylic acid groups (broad SMARTS) is 1. The second-order valence-electron chi connectivity index (χ2n) is 4.82. The summed E-state index contributed by atoms with van der Waals surface area (Å²) in [7, 11) is 0. The lowest BCUT2D eigenvalue weighted by Gasteiger charge is -2.26. The third-order valence-corrected chi connectivity index (χ3v) is 2.85. The maximum Gasteiger partial charge on any atom is 0.322 e. The number of amides is 2. The summed E-state index contributed by atoms with van der Waals surface area (Å²) in [5.74, 6) is -0.247. The molecule has 0 aliphatic carbocycles. The summed E-state index contributed by atoms with van der Waals surface area (Å²) in [4.78, 5) is 24.4. The third kappa shape index (κ3) is 5.72. The van der Waals surface area contributed by atoms with Crippen molar-refractivity contribution in [2.24, 2.45) is 0 Å². The molecule has 0 aliphatic rings. The average Bonchev–Trinajstić information content (AvgIpc) is 2.38. The Morgan fingerprint density at radius 1 is 1.38 bits per heavy atom. The van der Waals surface area contributed by atoms with Gasteiger partial charge in [0.2, 0.25) is 0 Å². The number of nitrogens with zero attached hydrogens (tertiary/aromatic N) is 1. The van der Waals surface area contributed by atoms with Crippen molar-refractivity contribution >= 4 is 17.7 Å². The SMILES string of the molecule is CCOc1cccc(NC(=O)N(CCC(=O)O)C(C)C)c1. The van der Waals surface area contributed by atoms with Crippen molar-refractivity contribution in [3.8, 4) is 5.75 Å². The quantitative estimate of drug-likeness (QED) is 0.810. The lowest BCUT2D eigenvalue weighted by atomic mass is 10.3. The molecule has 0 saturated carbocycles. The second kappa shape index (κ2) is 8.14. The summed E-state index contributed by atoms with van der Waals surface area (Å²) in [5.41, 5.74) is 0.618. The van der Waals surface area contributed by atoms with Crippen LogP contribution in [0.5, 0.6) is 5.75 Å². The van der Waals surface area contributed by atoms with Crippen molar-refractivity contribution in [1.82, 2.24) is 4.90 Å². The van der Waals surface area contributed by atoms with E-state index in [0.717, 1.165) is 0 Å². The lowest BCUT2D eigenvalue weighted by Crippen LogP contribution is -2.41. The van der Waals surface area contributed by atoms with Gasteiger partial charge < -0.3 is 20.1 Å². The number of urea groups is 1. The maximum absolute atomic E-state index is 12.2. The Bertz CT molecular complexity index is 488. The van der Waals surface area contributed by atoms with Gasteiger partial charge in [0.25, 0.3) is 0 Å². The van der Waals surface area contributed by atoms with Gasteiger partial charge in [-0.2, -0.15) is 0 Å². The van der Waals surface area contributed by atoms with Crippen LogP contribution < -0.4 is 10.1 Å². The zero-order valence-corrected chi connectivity index (χ0v) is 12.6. The van der Waals surface area contributed by atoms with Gasteiger partial charge in [-0.15, -0.1) is 0 Å². The van der Waals surface area contributed by atoms with E-state index in [1.165, 1.54) is 4.90 Å². The zero-order valence-electron chi connectivity index (χ0n) is 12.6. The fraction of sp³-hybridized carbons (Fsp3) is 0.467. The Balaban J connectivity index is 2.72. The van der Waals surface area contributed by atoms with Gasteiger partial charge >= 0.3 is 12.0 Å². The molecule has 6 nitrogen and oxygen atoms in total. The minimum atomic E-state index is -0.924. The highest BCUT2D eigenvalue weighted by atomic mass is 16.5. The summed E-state index contributed by atoms with van der Waals surface area (Å²) < 4.78 is 5.37. The number of carbonyl (C=O) groups is 2. The van der Waals surface area contributed by atoms with Crippen LogP contribution in [0.4, 0.5) is 10.5 Å². The molecule has 0 aliphatic heterocycles. The second-order valence-corrected chi connectivity index (χ2v) is 4.82. The van der Waals surface area contributed by atoms with E-state index in [2.05, 4.69) is 5.32 Å². The minimum Gasteiger partial charge on any atom is -0.494 e. The molecule has 1 aromatic rings. The monoisotopic (exact) mass is 294 g/mol. The molecule has 0 saturated heterocycles. The molecule has 21 heavy (non-hydrogen) atoms. The van der Waals surface area contributed by atoms with Crippen LogP contribution in [0.25, 0.3) is 0 Å². The first kappa shape index (κ1) is 16.8. The van der Waals surface area contributed by atoms with Gasteiger partial charge in [0.15, 0.2) is 0 Å². The number of carbonyl (C=O) groups excluding carboxylic acids is 1. The number of hydrogen-bond donors (Lipinski definition) is 2. The Labute approximate surface area is 124 Å². The molecule has 2 N–H and O–H groups in total. The third-order valence-electron chi connectivity index (χ3n) is 2.85. The minimum absolute atomic E-state index is 0.0788. The van der Waals surface area contributed by atoms with Crippen LogP contribution >= 0.6 is 0 Å². The van der Waals surface area contributed by atoms with Crippen molar-refractivity contribution in [1.29, 1.82) is 0 Å². The molecule has 6 heteroatoms. The van der Waals surface area contributed by atoms with E-state index in [9.17, 15) is 9.59 Å². The summed E-state index contributed by atoms with van der Waals surface area (Å²) in [6.45, 7) is 6.30. The molecule has 0 fully saturated rings. The summed E-state index contributed by atoms with van der Waals surface area (Å²) in [6.07, 6.45) is -0.0788. The Morgan fingerprint density at radius 2 is 2.10 bits per heavy atom. The predicted octanol–water partition coefficient (Wildman–Crippen LogP) is 2.80. The molecule has 0 spiro atoms. The topological polar surface area (TPSA) is 78.9 Å². The van der Waals surface area contributed by atoms with Gasteiger partial charge in [-0.05, 0) is 32.9 Å². The molecule has 1 aromatic carbocycles. The molecule has 0 unspecified atom stereocenters. The molecular formula is C15H22N2O4. The molecule has 0 aromatic heterocycles. The van der Waals surface area contributed by atoms with Crippen LogP contribution in [0.3, 0.4) is 0 Å². The van der Waals surface area contributed by atoms with E-state index in [-0.39, 0.29) is 25.0 Å².